The summed E-state index contributed by atoms with van der Waals surface area (Å²) in [6.07, 6.45) is 0. The van der Waals surface area contributed by atoms with Gasteiger partial charge in [-0.25, -0.2) is 0 Å². The highest BCUT2D eigenvalue weighted by molar-refractivity contribution is 7.99. The van der Waals surface area contributed by atoms with Gasteiger partial charge in [-0.05, 0) is 31.2 Å². The smallest absolute Gasteiger partial charge is 0.240 e. The van der Waals surface area contributed by atoms with Crippen LogP contribution in [0.2, 0.25) is 5.02 Å². The first kappa shape index (κ1) is 14.2. The molecule has 0 radical (unpaired) electrons. The molecule has 0 aliphatic carbocycles. The largest absolute Gasteiger partial charge is 0.338 e. The second-order valence-electron chi connectivity index (χ2n) is 4.54. The number of thioether (sulfide) groups is 1. The van der Waals surface area contributed by atoms with Crippen molar-refractivity contribution in [2.75, 3.05) is 0 Å². The van der Waals surface area contributed by atoms with Gasteiger partial charge in [0.05, 0.1) is 5.25 Å². The highest BCUT2D eigenvalue weighted by Gasteiger charge is 2.16. The van der Waals surface area contributed by atoms with E-state index in [9.17, 15) is 0 Å². The Balaban J connectivity index is 1.75. The molecule has 0 aliphatic heterocycles. The van der Waals surface area contributed by atoms with Crippen LogP contribution in [-0.4, -0.2) is 10.1 Å². The zero-order valence-electron chi connectivity index (χ0n) is 11.4. The Hall–Kier alpha value is -1.78. The lowest BCUT2D eigenvalue weighted by Gasteiger charge is -2.05. The topological polar surface area (TPSA) is 38.9 Å². The van der Waals surface area contributed by atoms with Gasteiger partial charge in [-0.1, -0.05) is 47.1 Å². The van der Waals surface area contributed by atoms with Crippen molar-refractivity contribution in [1.29, 1.82) is 0 Å². The zero-order chi connectivity index (χ0) is 14.7. The summed E-state index contributed by atoms with van der Waals surface area (Å²) in [6.45, 7) is 2.04. The van der Waals surface area contributed by atoms with Gasteiger partial charge >= 0.3 is 0 Å². The number of halogens is 1. The molecule has 5 heteroatoms. The fourth-order valence-electron chi connectivity index (χ4n) is 1.87. The predicted octanol–water partition coefficient (Wildman–Crippen LogP) is 5.24. The SMILES string of the molecule is CC(Sc1ccc(Cl)cc1)c1nc(-c2ccccc2)no1. The van der Waals surface area contributed by atoms with Crippen LogP contribution in [0.3, 0.4) is 0 Å². The van der Waals surface area contributed by atoms with Gasteiger partial charge in [0.1, 0.15) is 0 Å². The number of aromatic nitrogens is 2. The standard InChI is InChI=1S/C16H13ClN2OS/c1-11(21-14-9-7-13(17)8-10-14)16-18-15(19-20-16)12-5-3-2-4-6-12/h2-11H,1H3. The summed E-state index contributed by atoms with van der Waals surface area (Å²) in [4.78, 5) is 5.59. The molecule has 2 aromatic carbocycles. The van der Waals surface area contributed by atoms with E-state index >= 15 is 0 Å². The molecule has 0 N–H and O–H groups in total. The first-order valence-electron chi connectivity index (χ1n) is 6.53. The Kier molecular flexibility index (Phi) is 4.27. The molecule has 0 saturated heterocycles. The summed E-state index contributed by atoms with van der Waals surface area (Å²) in [5.74, 6) is 1.24. The normalized spacial score (nSPS) is 12.3. The van der Waals surface area contributed by atoms with Crippen LogP contribution >= 0.6 is 23.4 Å². The summed E-state index contributed by atoms with van der Waals surface area (Å²) in [6, 6.07) is 17.5. The number of benzene rings is 2. The molecule has 1 unspecified atom stereocenters. The molecule has 0 aliphatic rings. The van der Waals surface area contributed by atoms with Crippen LogP contribution in [0.15, 0.2) is 64.0 Å². The van der Waals surface area contributed by atoms with Crippen LogP contribution in [-0.2, 0) is 0 Å². The van der Waals surface area contributed by atoms with E-state index < -0.39 is 0 Å². The third kappa shape index (κ3) is 3.46. The third-order valence-corrected chi connectivity index (χ3v) is 4.30. The molecular formula is C16H13ClN2OS. The average Bonchev–Trinajstić information content (AvgIpc) is 3.00. The Morgan fingerprint density at radius 1 is 1.05 bits per heavy atom. The van der Waals surface area contributed by atoms with E-state index in [2.05, 4.69) is 10.1 Å². The van der Waals surface area contributed by atoms with Crippen LogP contribution in [0, 0.1) is 0 Å². The second-order valence-corrected chi connectivity index (χ2v) is 6.39. The first-order valence-corrected chi connectivity index (χ1v) is 7.79. The van der Waals surface area contributed by atoms with Crippen LogP contribution in [0.4, 0.5) is 0 Å². The molecule has 1 aromatic heterocycles. The molecule has 3 nitrogen and oxygen atoms in total. The van der Waals surface area contributed by atoms with Crippen LogP contribution in [0.1, 0.15) is 18.1 Å². The zero-order valence-corrected chi connectivity index (χ0v) is 12.9. The lowest BCUT2D eigenvalue weighted by Crippen LogP contribution is -1.89. The molecule has 0 bridgehead atoms. The lowest BCUT2D eigenvalue weighted by atomic mass is 10.2. The Labute approximate surface area is 132 Å². The molecular weight excluding hydrogens is 304 g/mol. The van der Waals surface area contributed by atoms with Crippen molar-refractivity contribution < 1.29 is 4.52 Å². The molecule has 0 fully saturated rings. The summed E-state index contributed by atoms with van der Waals surface area (Å²) in [5, 5.41) is 4.86. The monoisotopic (exact) mass is 316 g/mol. The molecule has 0 spiro atoms. The molecule has 21 heavy (non-hydrogen) atoms. The highest BCUT2D eigenvalue weighted by atomic mass is 35.5. The fraction of sp³-hybridized carbons (Fsp3) is 0.125. The van der Waals surface area contributed by atoms with E-state index in [1.807, 2.05) is 61.5 Å². The Morgan fingerprint density at radius 3 is 2.48 bits per heavy atom. The molecule has 1 heterocycles. The fourth-order valence-corrected chi connectivity index (χ4v) is 2.90. The van der Waals surface area contributed by atoms with Gasteiger partial charge in [-0.3, -0.25) is 0 Å². The molecule has 106 valence electrons. The molecule has 0 saturated carbocycles. The van der Waals surface area contributed by atoms with E-state index in [-0.39, 0.29) is 5.25 Å². The quantitative estimate of drug-likeness (QED) is 0.617. The molecule has 1 atom stereocenters. The van der Waals surface area contributed by atoms with Crippen LogP contribution < -0.4 is 0 Å². The number of nitrogens with zero attached hydrogens (tertiary/aromatic N) is 2. The first-order chi connectivity index (χ1) is 10.2. The Bertz CT molecular complexity index is 713. The Morgan fingerprint density at radius 2 is 1.76 bits per heavy atom. The van der Waals surface area contributed by atoms with E-state index in [1.54, 1.807) is 11.8 Å². The molecule has 3 aromatic rings. The minimum absolute atomic E-state index is 0.0798. The number of rotatable bonds is 4. The summed E-state index contributed by atoms with van der Waals surface area (Å²) in [7, 11) is 0. The maximum atomic E-state index is 5.89. The van der Waals surface area contributed by atoms with Gasteiger partial charge < -0.3 is 4.52 Å². The van der Waals surface area contributed by atoms with Crippen LogP contribution in [0.25, 0.3) is 11.4 Å². The summed E-state index contributed by atoms with van der Waals surface area (Å²) in [5.41, 5.74) is 0.955. The highest BCUT2D eigenvalue weighted by Crippen LogP contribution is 2.35. The maximum Gasteiger partial charge on any atom is 0.240 e. The van der Waals surface area contributed by atoms with Gasteiger partial charge in [-0.15, -0.1) is 11.8 Å². The van der Waals surface area contributed by atoms with E-state index in [4.69, 9.17) is 16.1 Å². The van der Waals surface area contributed by atoms with Crippen molar-refractivity contribution in [3.8, 4) is 11.4 Å². The van der Waals surface area contributed by atoms with Crippen molar-refractivity contribution >= 4 is 23.4 Å². The third-order valence-electron chi connectivity index (χ3n) is 2.95. The van der Waals surface area contributed by atoms with E-state index in [1.165, 1.54) is 0 Å². The lowest BCUT2D eigenvalue weighted by molar-refractivity contribution is 0.381. The number of hydrogen-bond donors (Lipinski definition) is 0. The minimum atomic E-state index is 0.0798. The van der Waals surface area contributed by atoms with Crippen LogP contribution in [0.5, 0.6) is 0 Å². The van der Waals surface area contributed by atoms with Crippen molar-refractivity contribution in [2.45, 2.75) is 17.1 Å². The van der Waals surface area contributed by atoms with Gasteiger partial charge in [0, 0.05) is 15.5 Å². The summed E-state index contributed by atoms with van der Waals surface area (Å²) >= 11 is 7.55. The molecule has 0 amide bonds. The van der Waals surface area contributed by atoms with Gasteiger partial charge in [0.25, 0.3) is 0 Å². The molecule has 3 rings (SSSR count). The van der Waals surface area contributed by atoms with Crippen molar-refractivity contribution in [2.24, 2.45) is 0 Å². The predicted molar refractivity (Wildman–Crippen MR) is 85.5 cm³/mol. The second kappa shape index (κ2) is 6.33. The average molecular weight is 317 g/mol. The van der Waals surface area contributed by atoms with Crippen molar-refractivity contribution in [3.05, 3.63) is 65.5 Å². The van der Waals surface area contributed by atoms with Crippen molar-refractivity contribution in [3.63, 3.8) is 0 Å². The number of hydrogen-bond acceptors (Lipinski definition) is 4. The van der Waals surface area contributed by atoms with E-state index in [0.717, 1.165) is 15.5 Å². The van der Waals surface area contributed by atoms with Crippen molar-refractivity contribution in [1.82, 2.24) is 10.1 Å². The minimum Gasteiger partial charge on any atom is -0.338 e. The van der Waals surface area contributed by atoms with Gasteiger partial charge in [0.2, 0.25) is 11.7 Å². The maximum absolute atomic E-state index is 5.89. The van der Waals surface area contributed by atoms with E-state index in [0.29, 0.717) is 11.7 Å². The summed E-state index contributed by atoms with van der Waals surface area (Å²) < 4.78 is 5.37. The van der Waals surface area contributed by atoms with Gasteiger partial charge in [-0.2, -0.15) is 4.98 Å². The van der Waals surface area contributed by atoms with Gasteiger partial charge in [0.15, 0.2) is 0 Å².